The average Bonchev–Trinajstić information content (AvgIpc) is 2.71. The molecule has 0 fully saturated rings. The van der Waals surface area contributed by atoms with Crippen LogP contribution in [0.15, 0.2) is 77.7 Å². The standard InChI is InChI=1S/C21H18ClFN2O3S/c1-25(14-15-2-8-18(23)9-3-15)21(26)16-4-12-20(13-5-16)29(27,28)24-19-10-6-17(22)7-11-19/h2-13,24H,14H2,1H3. The molecule has 0 heterocycles. The molecule has 0 saturated carbocycles. The number of rotatable bonds is 6. The highest BCUT2D eigenvalue weighted by Gasteiger charge is 2.17. The fraction of sp³-hybridized carbons (Fsp3) is 0.0952. The number of sulfonamides is 1. The Morgan fingerprint density at radius 3 is 2.14 bits per heavy atom. The number of carbonyl (C=O) groups excluding carboxylic acids is 1. The van der Waals surface area contributed by atoms with Crippen LogP contribution in [-0.2, 0) is 16.6 Å². The van der Waals surface area contributed by atoms with E-state index < -0.39 is 10.0 Å². The van der Waals surface area contributed by atoms with Crippen LogP contribution in [0.4, 0.5) is 10.1 Å². The number of halogens is 2. The Kier molecular flexibility index (Phi) is 6.20. The van der Waals surface area contributed by atoms with E-state index in [2.05, 4.69) is 4.72 Å². The number of benzene rings is 3. The summed E-state index contributed by atoms with van der Waals surface area (Å²) in [6.45, 7) is 0.303. The monoisotopic (exact) mass is 432 g/mol. The molecule has 29 heavy (non-hydrogen) atoms. The number of nitrogens with one attached hydrogen (secondary N) is 1. The van der Waals surface area contributed by atoms with E-state index in [-0.39, 0.29) is 16.6 Å². The van der Waals surface area contributed by atoms with Crippen LogP contribution in [-0.4, -0.2) is 26.3 Å². The third-order valence-electron chi connectivity index (χ3n) is 4.19. The van der Waals surface area contributed by atoms with Crippen molar-refractivity contribution < 1.29 is 17.6 Å². The fourth-order valence-corrected chi connectivity index (χ4v) is 3.85. The van der Waals surface area contributed by atoms with Crippen LogP contribution in [0.3, 0.4) is 0 Å². The van der Waals surface area contributed by atoms with E-state index in [0.29, 0.717) is 22.8 Å². The summed E-state index contributed by atoms with van der Waals surface area (Å²) in [5.74, 6) is -0.615. The van der Waals surface area contributed by atoms with Gasteiger partial charge < -0.3 is 4.90 Å². The van der Waals surface area contributed by atoms with Gasteiger partial charge in [0, 0.05) is 29.9 Å². The van der Waals surface area contributed by atoms with E-state index in [1.54, 1.807) is 43.4 Å². The maximum atomic E-state index is 13.0. The lowest BCUT2D eigenvalue weighted by Crippen LogP contribution is -2.26. The highest BCUT2D eigenvalue weighted by atomic mass is 35.5. The lowest BCUT2D eigenvalue weighted by Gasteiger charge is -2.17. The third kappa shape index (κ3) is 5.34. The molecule has 0 bridgehead atoms. The van der Waals surface area contributed by atoms with Crippen LogP contribution >= 0.6 is 11.6 Å². The smallest absolute Gasteiger partial charge is 0.261 e. The SMILES string of the molecule is CN(Cc1ccc(F)cc1)C(=O)c1ccc(S(=O)(=O)Nc2ccc(Cl)cc2)cc1. The van der Waals surface area contributed by atoms with Crippen LogP contribution in [0, 0.1) is 5.82 Å². The lowest BCUT2D eigenvalue weighted by atomic mass is 10.1. The number of amides is 1. The summed E-state index contributed by atoms with van der Waals surface area (Å²) in [5, 5.41) is 0.501. The van der Waals surface area contributed by atoms with Gasteiger partial charge in [0.15, 0.2) is 0 Å². The second kappa shape index (κ2) is 8.63. The van der Waals surface area contributed by atoms with Gasteiger partial charge in [0.2, 0.25) is 0 Å². The summed E-state index contributed by atoms with van der Waals surface area (Å²) < 4.78 is 40.5. The second-order valence-electron chi connectivity index (χ2n) is 6.42. The molecule has 0 aliphatic heterocycles. The summed E-state index contributed by atoms with van der Waals surface area (Å²) >= 11 is 5.80. The van der Waals surface area contributed by atoms with Crippen LogP contribution in [0.1, 0.15) is 15.9 Å². The van der Waals surface area contributed by atoms with Crippen molar-refractivity contribution in [1.29, 1.82) is 0 Å². The van der Waals surface area contributed by atoms with Gasteiger partial charge >= 0.3 is 0 Å². The number of hydrogen-bond acceptors (Lipinski definition) is 3. The zero-order chi connectivity index (χ0) is 21.0. The Morgan fingerprint density at radius 1 is 0.966 bits per heavy atom. The molecule has 0 aliphatic carbocycles. The largest absolute Gasteiger partial charge is 0.337 e. The number of carbonyl (C=O) groups is 1. The fourth-order valence-electron chi connectivity index (χ4n) is 2.66. The molecule has 0 spiro atoms. The minimum atomic E-state index is -3.80. The minimum Gasteiger partial charge on any atom is -0.337 e. The molecule has 3 rings (SSSR count). The van der Waals surface area contributed by atoms with Gasteiger partial charge in [-0.1, -0.05) is 23.7 Å². The lowest BCUT2D eigenvalue weighted by molar-refractivity contribution is 0.0785. The van der Waals surface area contributed by atoms with Crippen molar-refractivity contribution >= 4 is 33.2 Å². The minimum absolute atomic E-state index is 0.0326. The Morgan fingerprint density at radius 2 is 1.55 bits per heavy atom. The van der Waals surface area contributed by atoms with Gasteiger partial charge in [-0.25, -0.2) is 12.8 Å². The van der Waals surface area contributed by atoms with Gasteiger partial charge in [-0.15, -0.1) is 0 Å². The van der Waals surface area contributed by atoms with Crippen molar-refractivity contribution in [2.24, 2.45) is 0 Å². The molecular weight excluding hydrogens is 415 g/mol. The normalized spacial score (nSPS) is 11.1. The summed E-state index contributed by atoms with van der Waals surface area (Å²) in [6.07, 6.45) is 0. The van der Waals surface area contributed by atoms with Crippen LogP contribution < -0.4 is 4.72 Å². The average molecular weight is 433 g/mol. The number of nitrogens with zero attached hydrogens (tertiary/aromatic N) is 1. The molecule has 0 aromatic heterocycles. The molecule has 0 unspecified atom stereocenters. The van der Waals surface area contributed by atoms with Gasteiger partial charge in [0.1, 0.15) is 5.82 Å². The third-order valence-corrected chi connectivity index (χ3v) is 5.84. The van der Waals surface area contributed by atoms with Gasteiger partial charge in [-0.2, -0.15) is 0 Å². The van der Waals surface area contributed by atoms with Gasteiger partial charge in [0.25, 0.3) is 15.9 Å². The maximum Gasteiger partial charge on any atom is 0.261 e. The molecule has 150 valence electrons. The Bertz CT molecular complexity index is 1100. The topological polar surface area (TPSA) is 66.5 Å². The predicted molar refractivity (Wildman–Crippen MR) is 111 cm³/mol. The Balaban J connectivity index is 1.70. The van der Waals surface area contributed by atoms with Crippen LogP contribution in [0.5, 0.6) is 0 Å². The zero-order valence-corrected chi connectivity index (χ0v) is 17.0. The molecule has 5 nitrogen and oxygen atoms in total. The molecule has 0 radical (unpaired) electrons. The highest BCUT2D eigenvalue weighted by Crippen LogP contribution is 2.19. The first-order valence-electron chi connectivity index (χ1n) is 8.63. The summed E-state index contributed by atoms with van der Waals surface area (Å²) in [4.78, 5) is 14.1. The quantitative estimate of drug-likeness (QED) is 0.621. The predicted octanol–water partition coefficient (Wildman–Crippen LogP) is 4.55. The molecule has 8 heteroatoms. The van der Waals surface area contributed by atoms with Gasteiger partial charge in [-0.3, -0.25) is 9.52 Å². The van der Waals surface area contributed by atoms with E-state index in [1.807, 2.05) is 0 Å². The van der Waals surface area contributed by atoms with Crippen molar-refractivity contribution in [3.63, 3.8) is 0 Å². The molecular formula is C21H18ClFN2O3S. The van der Waals surface area contributed by atoms with Crippen molar-refractivity contribution in [1.82, 2.24) is 4.90 Å². The first kappa shape index (κ1) is 20.8. The summed E-state index contributed by atoms with van der Waals surface area (Å²) in [7, 11) is -2.17. The second-order valence-corrected chi connectivity index (χ2v) is 8.54. The molecule has 3 aromatic rings. The van der Waals surface area contributed by atoms with E-state index in [4.69, 9.17) is 11.6 Å². The molecule has 1 N–H and O–H groups in total. The Labute approximate surface area is 173 Å². The van der Waals surface area contributed by atoms with Gasteiger partial charge in [-0.05, 0) is 66.2 Å². The Hall–Kier alpha value is -2.90. The van der Waals surface area contributed by atoms with Crippen molar-refractivity contribution in [2.75, 3.05) is 11.8 Å². The van der Waals surface area contributed by atoms with Crippen LogP contribution in [0.2, 0.25) is 5.02 Å². The van der Waals surface area contributed by atoms with E-state index in [1.165, 1.54) is 41.3 Å². The van der Waals surface area contributed by atoms with E-state index >= 15 is 0 Å². The first-order valence-corrected chi connectivity index (χ1v) is 10.5. The highest BCUT2D eigenvalue weighted by molar-refractivity contribution is 7.92. The first-order chi connectivity index (χ1) is 13.7. The molecule has 3 aromatic carbocycles. The van der Waals surface area contributed by atoms with Crippen LogP contribution in [0.25, 0.3) is 0 Å². The summed E-state index contributed by atoms with van der Waals surface area (Å²) in [5.41, 5.74) is 1.52. The van der Waals surface area contributed by atoms with E-state index in [9.17, 15) is 17.6 Å². The summed E-state index contributed by atoms with van der Waals surface area (Å²) in [6, 6.07) is 17.8. The molecule has 1 amide bonds. The van der Waals surface area contributed by atoms with Crippen molar-refractivity contribution in [3.8, 4) is 0 Å². The van der Waals surface area contributed by atoms with E-state index in [0.717, 1.165) is 5.56 Å². The van der Waals surface area contributed by atoms with Crippen molar-refractivity contribution in [3.05, 3.63) is 94.8 Å². The zero-order valence-electron chi connectivity index (χ0n) is 15.5. The molecule has 0 atom stereocenters. The molecule has 0 saturated heterocycles. The van der Waals surface area contributed by atoms with Crippen molar-refractivity contribution in [2.45, 2.75) is 11.4 Å². The number of hydrogen-bond donors (Lipinski definition) is 1. The number of anilines is 1. The van der Waals surface area contributed by atoms with Gasteiger partial charge in [0.05, 0.1) is 4.90 Å². The maximum absolute atomic E-state index is 13.0. The molecule has 0 aliphatic rings.